The first kappa shape index (κ1) is 16.6. The summed E-state index contributed by atoms with van der Waals surface area (Å²) in [5, 5.41) is 0. The van der Waals surface area contributed by atoms with Crippen LogP contribution in [0, 0.1) is 11.3 Å². The summed E-state index contributed by atoms with van der Waals surface area (Å²) in [6, 6.07) is 0. The molecular weight excluding hydrogens is 240 g/mol. The molecule has 1 unspecified atom stereocenters. The van der Waals surface area contributed by atoms with Crippen molar-refractivity contribution in [2.75, 3.05) is 53.5 Å². The molecule has 1 atom stereocenters. The van der Waals surface area contributed by atoms with Crippen LogP contribution in [0.1, 0.15) is 26.7 Å². The van der Waals surface area contributed by atoms with E-state index in [2.05, 4.69) is 37.7 Å². The Morgan fingerprint density at radius 3 is 2.53 bits per heavy atom. The Balaban J connectivity index is 2.59. The summed E-state index contributed by atoms with van der Waals surface area (Å²) in [5.41, 5.74) is -0.278. The van der Waals surface area contributed by atoms with Crippen LogP contribution >= 0.6 is 0 Å². The van der Waals surface area contributed by atoms with E-state index in [-0.39, 0.29) is 5.41 Å². The second-order valence-electron chi connectivity index (χ2n) is 6.57. The number of carbonyl (C=O) groups excluding carboxylic acids is 1. The highest BCUT2D eigenvalue weighted by Gasteiger charge is 2.34. The maximum Gasteiger partial charge on any atom is 0.129 e. The number of hydrogen-bond donors (Lipinski definition) is 0. The molecule has 0 radical (unpaired) electrons. The van der Waals surface area contributed by atoms with Crippen molar-refractivity contribution >= 4 is 6.29 Å². The van der Waals surface area contributed by atoms with Crippen molar-refractivity contribution in [3.05, 3.63) is 0 Å². The van der Waals surface area contributed by atoms with Gasteiger partial charge in [-0.3, -0.25) is 0 Å². The number of rotatable bonds is 8. The Hall–Kier alpha value is -0.450. The lowest BCUT2D eigenvalue weighted by atomic mass is 9.83. The van der Waals surface area contributed by atoms with Gasteiger partial charge in [0.25, 0.3) is 0 Å². The molecular formula is C15H30N2O2. The van der Waals surface area contributed by atoms with Gasteiger partial charge in [0, 0.05) is 32.8 Å². The molecule has 112 valence electrons. The van der Waals surface area contributed by atoms with Gasteiger partial charge in [-0.15, -0.1) is 0 Å². The predicted octanol–water partition coefficient (Wildman–Crippen LogP) is 1.50. The first-order chi connectivity index (χ1) is 8.97. The van der Waals surface area contributed by atoms with Gasteiger partial charge in [0.2, 0.25) is 0 Å². The molecule has 1 rings (SSSR count). The zero-order chi connectivity index (χ0) is 14.3. The molecule has 19 heavy (non-hydrogen) atoms. The van der Waals surface area contributed by atoms with Gasteiger partial charge in [-0.05, 0) is 32.9 Å². The van der Waals surface area contributed by atoms with E-state index in [1.54, 1.807) is 0 Å². The fraction of sp³-hybridized carbons (Fsp3) is 0.933. The lowest BCUT2D eigenvalue weighted by Gasteiger charge is -2.37. The fourth-order valence-corrected chi connectivity index (χ4v) is 2.67. The van der Waals surface area contributed by atoms with E-state index >= 15 is 0 Å². The van der Waals surface area contributed by atoms with E-state index in [9.17, 15) is 4.79 Å². The first-order valence-corrected chi connectivity index (χ1v) is 7.38. The smallest absolute Gasteiger partial charge is 0.129 e. The summed E-state index contributed by atoms with van der Waals surface area (Å²) < 4.78 is 5.54. The summed E-state index contributed by atoms with van der Waals surface area (Å²) in [5.74, 6) is 0.621. The van der Waals surface area contributed by atoms with Gasteiger partial charge < -0.3 is 19.3 Å². The van der Waals surface area contributed by atoms with Crippen LogP contribution in [0.3, 0.4) is 0 Å². The zero-order valence-electron chi connectivity index (χ0n) is 13.0. The van der Waals surface area contributed by atoms with Crippen LogP contribution in [0.2, 0.25) is 0 Å². The maximum absolute atomic E-state index is 11.5. The van der Waals surface area contributed by atoms with Crippen LogP contribution in [-0.4, -0.2) is 69.6 Å². The molecule has 4 heteroatoms. The number of nitrogens with zero attached hydrogens (tertiary/aromatic N) is 2. The zero-order valence-corrected chi connectivity index (χ0v) is 13.0. The minimum atomic E-state index is -0.278. The molecule has 0 spiro atoms. The molecule has 0 bridgehead atoms. The van der Waals surface area contributed by atoms with Crippen molar-refractivity contribution in [1.29, 1.82) is 0 Å². The monoisotopic (exact) mass is 270 g/mol. The molecule has 1 aliphatic heterocycles. The lowest BCUT2D eigenvalue weighted by molar-refractivity contribution is -0.125. The van der Waals surface area contributed by atoms with Crippen LogP contribution in [-0.2, 0) is 9.53 Å². The van der Waals surface area contributed by atoms with Crippen LogP contribution in [0.5, 0.6) is 0 Å². The molecule has 0 aromatic carbocycles. The van der Waals surface area contributed by atoms with E-state index in [1.807, 2.05) is 0 Å². The van der Waals surface area contributed by atoms with Crippen molar-refractivity contribution in [1.82, 2.24) is 9.80 Å². The van der Waals surface area contributed by atoms with Crippen LogP contribution < -0.4 is 0 Å². The third-order valence-electron chi connectivity index (χ3n) is 3.63. The van der Waals surface area contributed by atoms with E-state index in [1.165, 1.54) is 0 Å². The highest BCUT2D eigenvalue weighted by molar-refractivity contribution is 5.60. The molecule has 0 aromatic heterocycles. The van der Waals surface area contributed by atoms with Crippen molar-refractivity contribution in [3.63, 3.8) is 0 Å². The van der Waals surface area contributed by atoms with Crippen LogP contribution in [0.15, 0.2) is 0 Å². The normalized spacial score (nSPS) is 24.4. The fourth-order valence-electron chi connectivity index (χ4n) is 2.67. The van der Waals surface area contributed by atoms with Gasteiger partial charge in [0.05, 0.1) is 12.0 Å². The second-order valence-corrected chi connectivity index (χ2v) is 6.57. The quantitative estimate of drug-likeness (QED) is 0.626. The standard InChI is InChI=1S/C15H30N2O2/c1-14(2)10-17(8-7-16(3)4)11-15(12-18)6-5-9-19-13-15/h12,14H,5-11,13H2,1-4H3. The molecule has 1 aliphatic rings. The number of likely N-dealkylation sites (N-methyl/N-ethyl adjacent to an activating group) is 1. The van der Waals surface area contributed by atoms with Gasteiger partial charge in [-0.1, -0.05) is 13.8 Å². The average Bonchev–Trinajstić information content (AvgIpc) is 2.36. The van der Waals surface area contributed by atoms with E-state index < -0.39 is 0 Å². The molecule has 1 fully saturated rings. The highest BCUT2D eigenvalue weighted by Crippen LogP contribution is 2.27. The largest absolute Gasteiger partial charge is 0.380 e. The number of aldehydes is 1. The first-order valence-electron chi connectivity index (χ1n) is 7.38. The van der Waals surface area contributed by atoms with Gasteiger partial charge >= 0.3 is 0 Å². The molecule has 1 heterocycles. The van der Waals surface area contributed by atoms with Gasteiger partial charge in [0.1, 0.15) is 6.29 Å². The van der Waals surface area contributed by atoms with Crippen LogP contribution in [0.25, 0.3) is 0 Å². The van der Waals surface area contributed by atoms with Crippen LogP contribution in [0.4, 0.5) is 0 Å². The number of ether oxygens (including phenoxy) is 1. The molecule has 0 aliphatic carbocycles. The van der Waals surface area contributed by atoms with Crippen molar-refractivity contribution < 1.29 is 9.53 Å². The summed E-state index contributed by atoms with van der Waals surface area (Å²) in [6.07, 6.45) is 3.10. The molecule has 0 saturated carbocycles. The predicted molar refractivity (Wildman–Crippen MR) is 78.4 cm³/mol. The van der Waals surface area contributed by atoms with Gasteiger partial charge in [0.15, 0.2) is 0 Å². The van der Waals surface area contributed by atoms with E-state index in [0.29, 0.717) is 12.5 Å². The van der Waals surface area contributed by atoms with Crippen molar-refractivity contribution in [2.24, 2.45) is 11.3 Å². The summed E-state index contributed by atoms with van der Waals surface area (Å²) >= 11 is 0. The Kier molecular flexibility index (Phi) is 6.97. The lowest BCUT2D eigenvalue weighted by Crippen LogP contribution is -2.47. The summed E-state index contributed by atoms with van der Waals surface area (Å²) in [6.45, 7) is 9.78. The Morgan fingerprint density at radius 2 is 2.05 bits per heavy atom. The van der Waals surface area contributed by atoms with E-state index in [0.717, 1.165) is 51.9 Å². The third-order valence-corrected chi connectivity index (χ3v) is 3.63. The number of carbonyl (C=O) groups is 1. The molecule has 4 nitrogen and oxygen atoms in total. The molecule has 0 amide bonds. The molecule has 0 aromatic rings. The Labute approximate surface area is 118 Å². The van der Waals surface area contributed by atoms with Gasteiger partial charge in [-0.25, -0.2) is 0 Å². The second kappa shape index (κ2) is 7.98. The Bertz CT molecular complexity index is 261. The molecule has 0 N–H and O–H groups in total. The minimum absolute atomic E-state index is 0.278. The SMILES string of the molecule is CC(C)CN(CCN(C)C)CC1(C=O)CCCOC1. The third kappa shape index (κ3) is 6.02. The topological polar surface area (TPSA) is 32.8 Å². The van der Waals surface area contributed by atoms with Crippen molar-refractivity contribution in [3.8, 4) is 0 Å². The molecule has 1 saturated heterocycles. The average molecular weight is 270 g/mol. The highest BCUT2D eigenvalue weighted by atomic mass is 16.5. The van der Waals surface area contributed by atoms with Gasteiger partial charge in [-0.2, -0.15) is 0 Å². The minimum Gasteiger partial charge on any atom is -0.380 e. The summed E-state index contributed by atoms with van der Waals surface area (Å²) in [4.78, 5) is 16.1. The Morgan fingerprint density at radius 1 is 1.32 bits per heavy atom. The van der Waals surface area contributed by atoms with E-state index in [4.69, 9.17) is 4.74 Å². The summed E-state index contributed by atoms with van der Waals surface area (Å²) in [7, 11) is 4.18. The number of hydrogen-bond acceptors (Lipinski definition) is 4. The van der Waals surface area contributed by atoms with Crippen molar-refractivity contribution in [2.45, 2.75) is 26.7 Å². The maximum atomic E-state index is 11.5.